The number of benzene rings is 2. The first-order chi connectivity index (χ1) is 13.4. The monoisotopic (exact) mass is 376 g/mol. The van der Waals surface area contributed by atoms with E-state index >= 15 is 0 Å². The van der Waals surface area contributed by atoms with Crippen LogP contribution < -0.4 is 0 Å². The third-order valence-electron chi connectivity index (χ3n) is 6.26. The fourth-order valence-electron chi connectivity index (χ4n) is 4.54. The second kappa shape index (κ2) is 6.89. The molecule has 3 nitrogen and oxygen atoms in total. The van der Waals surface area contributed by atoms with Gasteiger partial charge in [0, 0.05) is 0 Å². The van der Waals surface area contributed by atoms with Crippen LogP contribution in [-0.2, 0) is 22.4 Å². The summed E-state index contributed by atoms with van der Waals surface area (Å²) in [5, 5.41) is 11.0. The lowest BCUT2D eigenvalue weighted by atomic mass is 9.83. The van der Waals surface area contributed by atoms with Crippen molar-refractivity contribution in [3.05, 3.63) is 64.4 Å². The molecule has 28 heavy (non-hydrogen) atoms. The van der Waals surface area contributed by atoms with E-state index in [1.54, 1.807) is 0 Å². The van der Waals surface area contributed by atoms with Crippen LogP contribution in [0.1, 0.15) is 55.9 Å². The van der Waals surface area contributed by atoms with E-state index in [2.05, 4.69) is 57.2 Å². The summed E-state index contributed by atoms with van der Waals surface area (Å²) in [6.45, 7) is 8.19. The molecule has 1 fully saturated rings. The van der Waals surface area contributed by atoms with E-state index < -0.39 is 11.7 Å². The van der Waals surface area contributed by atoms with Gasteiger partial charge in [0.1, 0.15) is 17.5 Å². The summed E-state index contributed by atoms with van der Waals surface area (Å²) in [5.41, 5.74) is 6.45. The van der Waals surface area contributed by atoms with Crippen LogP contribution in [0.3, 0.4) is 0 Å². The van der Waals surface area contributed by atoms with Gasteiger partial charge in [-0.25, -0.2) is 0 Å². The minimum Gasteiger partial charge on any atom is -0.508 e. The molecule has 2 aliphatic rings. The topological polar surface area (TPSA) is 46.5 Å². The summed E-state index contributed by atoms with van der Waals surface area (Å²) >= 11 is 0. The first-order valence-electron chi connectivity index (χ1n) is 10.3. The van der Waals surface area contributed by atoms with Gasteiger partial charge in [-0.05, 0) is 67.3 Å². The molecular weight excluding hydrogens is 348 g/mol. The Morgan fingerprint density at radius 3 is 2.25 bits per heavy atom. The number of aliphatic hydroxyl groups excluding tert-OH is 1. The number of aryl methyl sites for hydroxylation is 3. The molecule has 1 saturated heterocycles. The Morgan fingerprint density at radius 2 is 1.68 bits per heavy atom. The smallest absolute Gasteiger partial charge is 0.195 e. The zero-order valence-corrected chi connectivity index (χ0v) is 17.1. The number of hydrogen-bond acceptors (Lipinski definition) is 3. The largest absolute Gasteiger partial charge is 0.508 e. The van der Waals surface area contributed by atoms with Crippen molar-refractivity contribution in [2.75, 3.05) is 0 Å². The van der Waals surface area contributed by atoms with E-state index in [0.717, 1.165) is 35.1 Å². The maximum Gasteiger partial charge on any atom is 0.195 e. The normalized spacial score (nSPS) is 24.1. The van der Waals surface area contributed by atoms with E-state index in [9.17, 15) is 9.90 Å². The maximum absolute atomic E-state index is 13.1. The van der Waals surface area contributed by atoms with Crippen molar-refractivity contribution in [3.63, 3.8) is 0 Å². The number of Topliss-reactive ketones (excluding diaryl/α,β-unsaturated/α-hetero) is 1. The van der Waals surface area contributed by atoms with Gasteiger partial charge in [-0.3, -0.25) is 4.79 Å². The van der Waals surface area contributed by atoms with Crippen LogP contribution in [-0.4, -0.2) is 22.6 Å². The van der Waals surface area contributed by atoms with Gasteiger partial charge in [0.15, 0.2) is 5.78 Å². The standard InChI is InChI=1S/C25H28O3/c1-5-16-13-19(18-9-7-15(3)8-10-18)14-17(6-2)21(16)22-23(26)20-11-12-25(4,28-20)24(22)27/h7-10,13-14,20,27H,5-6,11-12H2,1-4H3/t20-,25+/m0/s1. The summed E-state index contributed by atoms with van der Waals surface area (Å²) in [7, 11) is 0. The highest BCUT2D eigenvalue weighted by molar-refractivity contribution is 6.25. The van der Waals surface area contributed by atoms with Crippen molar-refractivity contribution in [3.8, 4) is 11.1 Å². The fourth-order valence-corrected chi connectivity index (χ4v) is 4.54. The molecule has 2 atom stereocenters. The molecule has 2 aromatic rings. The molecule has 0 aromatic heterocycles. The number of ether oxygens (including phenoxy) is 1. The first kappa shape index (κ1) is 18.9. The van der Waals surface area contributed by atoms with Crippen LogP contribution in [0.4, 0.5) is 0 Å². The fraction of sp³-hybridized carbons (Fsp3) is 0.400. The van der Waals surface area contributed by atoms with Gasteiger partial charge in [-0.1, -0.05) is 55.8 Å². The molecule has 2 aromatic carbocycles. The van der Waals surface area contributed by atoms with Crippen molar-refractivity contribution < 1.29 is 14.6 Å². The lowest BCUT2D eigenvalue weighted by Gasteiger charge is -2.32. The minimum absolute atomic E-state index is 0.0695. The van der Waals surface area contributed by atoms with Crippen LogP contribution >= 0.6 is 0 Å². The summed E-state index contributed by atoms with van der Waals surface area (Å²) < 4.78 is 5.85. The molecule has 2 bridgehead atoms. The highest BCUT2D eigenvalue weighted by atomic mass is 16.5. The molecule has 0 spiro atoms. The van der Waals surface area contributed by atoms with Crippen LogP contribution in [0.25, 0.3) is 16.7 Å². The Hall–Kier alpha value is -2.39. The summed E-state index contributed by atoms with van der Waals surface area (Å²) in [4.78, 5) is 13.1. The Labute approximate surface area is 167 Å². The molecule has 2 aliphatic heterocycles. The van der Waals surface area contributed by atoms with Gasteiger partial charge in [-0.2, -0.15) is 0 Å². The number of carbonyl (C=O) groups excluding carboxylic acids is 1. The van der Waals surface area contributed by atoms with Gasteiger partial charge in [0.25, 0.3) is 0 Å². The Bertz CT molecular complexity index is 943. The first-order valence-corrected chi connectivity index (χ1v) is 10.3. The molecule has 2 heterocycles. The van der Waals surface area contributed by atoms with Crippen molar-refractivity contribution in [1.82, 2.24) is 0 Å². The lowest BCUT2D eigenvalue weighted by Crippen LogP contribution is -2.38. The van der Waals surface area contributed by atoms with E-state index in [4.69, 9.17) is 4.74 Å². The van der Waals surface area contributed by atoms with Gasteiger partial charge in [0.2, 0.25) is 0 Å². The SMILES string of the molecule is CCc1cc(-c2ccc(C)cc2)cc(CC)c1C1=C(O)[C@@]2(C)CC[C@H](O2)C1=O. The number of aliphatic hydroxyl groups is 1. The second-order valence-corrected chi connectivity index (χ2v) is 8.21. The van der Waals surface area contributed by atoms with E-state index in [0.29, 0.717) is 18.4 Å². The highest BCUT2D eigenvalue weighted by Crippen LogP contribution is 2.46. The van der Waals surface area contributed by atoms with Crippen LogP contribution in [0.2, 0.25) is 0 Å². The number of hydrogen-bond donors (Lipinski definition) is 1. The lowest BCUT2D eigenvalue weighted by molar-refractivity contribution is -0.130. The Kier molecular flexibility index (Phi) is 4.67. The third kappa shape index (κ3) is 2.89. The van der Waals surface area contributed by atoms with Gasteiger partial charge in [-0.15, -0.1) is 0 Å². The minimum atomic E-state index is -0.737. The molecular formula is C25H28O3. The number of carbonyl (C=O) groups is 1. The van der Waals surface area contributed by atoms with Gasteiger partial charge in [0.05, 0.1) is 5.57 Å². The molecule has 0 aliphatic carbocycles. The van der Waals surface area contributed by atoms with Crippen LogP contribution in [0.15, 0.2) is 42.2 Å². The van der Waals surface area contributed by atoms with Crippen molar-refractivity contribution in [1.29, 1.82) is 0 Å². The van der Waals surface area contributed by atoms with Crippen molar-refractivity contribution in [2.45, 2.75) is 65.1 Å². The van der Waals surface area contributed by atoms with Crippen LogP contribution in [0.5, 0.6) is 0 Å². The molecule has 146 valence electrons. The summed E-state index contributed by atoms with van der Waals surface area (Å²) in [6, 6.07) is 12.9. The molecule has 4 rings (SSSR count). The average Bonchev–Trinajstić information content (AvgIpc) is 3.08. The molecule has 0 saturated carbocycles. The molecule has 0 amide bonds. The second-order valence-electron chi connectivity index (χ2n) is 8.21. The van der Waals surface area contributed by atoms with E-state index in [-0.39, 0.29) is 11.5 Å². The predicted octanol–water partition coefficient (Wildman–Crippen LogP) is 5.58. The van der Waals surface area contributed by atoms with Crippen LogP contribution in [0, 0.1) is 6.92 Å². The summed E-state index contributed by atoms with van der Waals surface area (Å²) in [5.74, 6) is 0.0405. The van der Waals surface area contributed by atoms with Gasteiger partial charge >= 0.3 is 0 Å². The van der Waals surface area contributed by atoms with E-state index in [1.807, 2.05) is 6.92 Å². The van der Waals surface area contributed by atoms with Crippen molar-refractivity contribution >= 4 is 11.4 Å². The maximum atomic E-state index is 13.1. The Balaban J connectivity index is 1.92. The van der Waals surface area contributed by atoms with E-state index in [1.165, 1.54) is 11.1 Å². The molecule has 1 N–H and O–H groups in total. The Morgan fingerprint density at radius 1 is 1.07 bits per heavy atom. The number of rotatable bonds is 4. The molecule has 0 unspecified atom stereocenters. The molecule has 0 radical (unpaired) electrons. The van der Waals surface area contributed by atoms with Gasteiger partial charge < -0.3 is 9.84 Å². The third-order valence-corrected chi connectivity index (χ3v) is 6.26. The zero-order valence-electron chi connectivity index (χ0n) is 17.1. The average molecular weight is 376 g/mol. The summed E-state index contributed by atoms with van der Waals surface area (Å²) in [6.07, 6.45) is 2.53. The zero-order chi connectivity index (χ0) is 20.1. The number of ketones is 1. The molecule has 3 heteroatoms. The predicted molar refractivity (Wildman–Crippen MR) is 112 cm³/mol. The van der Waals surface area contributed by atoms with Crippen molar-refractivity contribution in [2.24, 2.45) is 0 Å². The quantitative estimate of drug-likeness (QED) is 0.758. The highest BCUT2D eigenvalue weighted by Gasteiger charge is 2.50. The number of fused-ring (bicyclic) bond motifs is 2.